The van der Waals surface area contributed by atoms with E-state index in [4.69, 9.17) is 10.3 Å². The second-order valence-electron chi connectivity index (χ2n) is 5.15. The molecule has 0 atom stereocenters. The van der Waals surface area contributed by atoms with Gasteiger partial charge in [0.25, 0.3) is 10.1 Å². The maximum Gasteiger partial charge on any atom is 0.314 e. The van der Waals surface area contributed by atoms with Gasteiger partial charge in [-0.1, -0.05) is 0 Å². The van der Waals surface area contributed by atoms with Gasteiger partial charge in [-0.15, -0.1) is 0 Å². The number of rotatable bonds is 4. The lowest BCUT2D eigenvalue weighted by atomic mass is 9.97. The fourth-order valence-electron chi connectivity index (χ4n) is 2.36. The molecule has 0 spiro atoms. The summed E-state index contributed by atoms with van der Waals surface area (Å²) in [6.07, 6.45) is 1.78. The van der Waals surface area contributed by atoms with E-state index in [0.717, 1.165) is 25.1 Å². The molecule has 4 N–H and O–H groups in total. The van der Waals surface area contributed by atoms with Gasteiger partial charge in [-0.3, -0.25) is 4.55 Å². The Labute approximate surface area is 123 Å². The molecule has 21 heavy (non-hydrogen) atoms. The van der Waals surface area contributed by atoms with E-state index in [1.54, 1.807) is 17.0 Å². The van der Waals surface area contributed by atoms with Crippen molar-refractivity contribution in [3.8, 4) is 0 Å². The van der Waals surface area contributed by atoms with Crippen LogP contribution in [0.1, 0.15) is 12.8 Å². The fourth-order valence-corrected chi connectivity index (χ4v) is 2.84. The standard InChI is InChI=1S/C13H19N3O4S/c14-13(17)16-7-5-10(6-8-16)9-15-11-1-3-12(4-2-11)21(18,19)20/h1-4,10,15H,5-9H2,(H2,14,17)(H,18,19,20). The third-order valence-electron chi connectivity index (χ3n) is 3.67. The Hall–Kier alpha value is -1.80. The second-order valence-corrected chi connectivity index (χ2v) is 6.57. The molecule has 0 radical (unpaired) electrons. The maximum absolute atomic E-state index is 11.0. The lowest BCUT2D eigenvalue weighted by Gasteiger charge is -2.31. The van der Waals surface area contributed by atoms with Gasteiger partial charge in [0.1, 0.15) is 0 Å². The first-order valence-electron chi connectivity index (χ1n) is 6.72. The lowest BCUT2D eigenvalue weighted by molar-refractivity contribution is 0.181. The summed E-state index contributed by atoms with van der Waals surface area (Å²) in [6.45, 7) is 2.09. The third-order valence-corrected chi connectivity index (χ3v) is 4.54. The minimum absolute atomic E-state index is 0.122. The number of anilines is 1. The van der Waals surface area contributed by atoms with Crippen LogP contribution in [0.15, 0.2) is 29.2 Å². The summed E-state index contributed by atoms with van der Waals surface area (Å²) < 4.78 is 30.7. The molecule has 1 aliphatic heterocycles. The number of carbonyl (C=O) groups is 1. The summed E-state index contributed by atoms with van der Waals surface area (Å²) in [7, 11) is -4.15. The van der Waals surface area contributed by atoms with Gasteiger partial charge in [0.05, 0.1) is 4.90 Å². The van der Waals surface area contributed by atoms with E-state index in [0.29, 0.717) is 19.0 Å². The van der Waals surface area contributed by atoms with Gasteiger partial charge < -0.3 is 16.0 Å². The molecule has 8 heteroatoms. The molecule has 1 fully saturated rings. The van der Waals surface area contributed by atoms with Gasteiger partial charge >= 0.3 is 6.03 Å². The Balaban J connectivity index is 1.83. The van der Waals surface area contributed by atoms with E-state index >= 15 is 0 Å². The van der Waals surface area contributed by atoms with Crippen LogP contribution < -0.4 is 11.1 Å². The van der Waals surface area contributed by atoms with Crippen molar-refractivity contribution < 1.29 is 17.8 Å². The number of nitrogens with zero attached hydrogens (tertiary/aromatic N) is 1. The Kier molecular flexibility index (Phi) is 4.69. The highest BCUT2D eigenvalue weighted by atomic mass is 32.2. The van der Waals surface area contributed by atoms with E-state index in [1.807, 2.05) is 0 Å². The number of nitrogens with one attached hydrogen (secondary N) is 1. The number of hydrogen-bond donors (Lipinski definition) is 3. The highest BCUT2D eigenvalue weighted by Gasteiger charge is 2.20. The molecular formula is C13H19N3O4S. The van der Waals surface area contributed by atoms with E-state index < -0.39 is 10.1 Å². The topological polar surface area (TPSA) is 113 Å². The molecular weight excluding hydrogens is 294 g/mol. The zero-order valence-corrected chi connectivity index (χ0v) is 12.3. The Morgan fingerprint density at radius 2 is 1.86 bits per heavy atom. The second kappa shape index (κ2) is 6.31. The van der Waals surface area contributed by atoms with Crippen molar-refractivity contribution in [2.75, 3.05) is 25.0 Å². The number of primary amides is 1. The zero-order valence-electron chi connectivity index (χ0n) is 11.5. The van der Waals surface area contributed by atoms with Gasteiger partial charge in [0, 0.05) is 25.3 Å². The number of carbonyl (C=O) groups excluding carboxylic acids is 1. The molecule has 1 heterocycles. The summed E-state index contributed by atoms with van der Waals surface area (Å²) in [4.78, 5) is 12.5. The Morgan fingerprint density at radius 3 is 2.33 bits per heavy atom. The van der Waals surface area contributed by atoms with Crippen LogP contribution >= 0.6 is 0 Å². The predicted molar refractivity (Wildman–Crippen MR) is 78.6 cm³/mol. The van der Waals surface area contributed by atoms with Crippen molar-refractivity contribution in [3.05, 3.63) is 24.3 Å². The van der Waals surface area contributed by atoms with Crippen molar-refractivity contribution in [1.82, 2.24) is 4.90 Å². The number of hydrogen-bond acceptors (Lipinski definition) is 4. The van der Waals surface area contributed by atoms with Crippen molar-refractivity contribution >= 4 is 21.8 Å². The van der Waals surface area contributed by atoms with Crippen molar-refractivity contribution in [2.45, 2.75) is 17.7 Å². The summed E-state index contributed by atoms with van der Waals surface area (Å²) in [6, 6.07) is 5.56. The molecule has 116 valence electrons. The largest absolute Gasteiger partial charge is 0.385 e. The van der Waals surface area contributed by atoms with Crippen LogP contribution in [0, 0.1) is 5.92 Å². The first-order valence-corrected chi connectivity index (χ1v) is 8.16. The van der Waals surface area contributed by atoms with E-state index in [-0.39, 0.29) is 10.9 Å². The molecule has 1 saturated heterocycles. The lowest BCUT2D eigenvalue weighted by Crippen LogP contribution is -2.42. The SMILES string of the molecule is NC(=O)N1CCC(CNc2ccc(S(=O)(=O)O)cc2)CC1. The van der Waals surface area contributed by atoms with Gasteiger partial charge in [-0.05, 0) is 43.0 Å². The van der Waals surface area contributed by atoms with Gasteiger partial charge in [-0.2, -0.15) is 8.42 Å². The highest BCUT2D eigenvalue weighted by molar-refractivity contribution is 7.85. The minimum atomic E-state index is -4.15. The number of benzene rings is 1. The van der Waals surface area contributed by atoms with Crippen molar-refractivity contribution in [3.63, 3.8) is 0 Å². The predicted octanol–water partition coefficient (Wildman–Crippen LogP) is 1.14. The molecule has 2 amide bonds. The average Bonchev–Trinajstić information content (AvgIpc) is 2.45. The Bertz CT molecular complexity index is 592. The molecule has 1 aromatic carbocycles. The van der Waals surface area contributed by atoms with Crippen LogP contribution in [0.25, 0.3) is 0 Å². The zero-order chi connectivity index (χ0) is 15.5. The number of piperidine rings is 1. The van der Waals surface area contributed by atoms with Crippen molar-refractivity contribution in [2.24, 2.45) is 11.7 Å². The van der Waals surface area contributed by atoms with Crippen LogP contribution in [0.5, 0.6) is 0 Å². The van der Waals surface area contributed by atoms with Crippen LogP contribution in [-0.4, -0.2) is 43.5 Å². The smallest absolute Gasteiger partial charge is 0.314 e. The van der Waals surface area contributed by atoms with E-state index in [2.05, 4.69) is 5.32 Å². The summed E-state index contributed by atoms with van der Waals surface area (Å²) in [5.74, 6) is 0.446. The number of nitrogens with two attached hydrogens (primary N) is 1. The van der Waals surface area contributed by atoms with Crippen LogP contribution in [-0.2, 0) is 10.1 Å². The first-order chi connectivity index (χ1) is 9.86. The minimum Gasteiger partial charge on any atom is -0.385 e. The van der Waals surface area contributed by atoms with E-state index in [1.165, 1.54) is 12.1 Å². The third kappa shape index (κ3) is 4.33. The molecule has 2 rings (SSSR count). The Morgan fingerprint density at radius 1 is 1.29 bits per heavy atom. The molecule has 0 bridgehead atoms. The van der Waals surface area contributed by atoms with Gasteiger partial charge in [0.15, 0.2) is 0 Å². The monoisotopic (exact) mass is 313 g/mol. The number of likely N-dealkylation sites (tertiary alicyclic amines) is 1. The number of amides is 2. The van der Waals surface area contributed by atoms with Crippen LogP contribution in [0.4, 0.5) is 10.5 Å². The van der Waals surface area contributed by atoms with Crippen LogP contribution in [0.2, 0.25) is 0 Å². The van der Waals surface area contributed by atoms with Crippen LogP contribution in [0.3, 0.4) is 0 Å². The molecule has 1 aromatic rings. The molecule has 0 saturated carbocycles. The number of urea groups is 1. The van der Waals surface area contributed by atoms with E-state index in [9.17, 15) is 13.2 Å². The quantitative estimate of drug-likeness (QED) is 0.721. The fraction of sp³-hybridized carbons (Fsp3) is 0.462. The first kappa shape index (κ1) is 15.6. The summed E-state index contributed by atoms with van der Waals surface area (Å²) in [5.41, 5.74) is 6.02. The maximum atomic E-state index is 11.0. The molecule has 0 aromatic heterocycles. The van der Waals surface area contributed by atoms with Gasteiger partial charge in [0.2, 0.25) is 0 Å². The van der Waals surface area contributed by atoms with Crippen molar-refractivity contribution in [1.29, 1.82) is 0 Å². The molecule has 0 aliphatic carbocycles. The highest BCUT2D eigenvalue weighted by Crippen LogP contribution is 2.19. The molecule has 7 nitrogen and oxygen atoms in total. The normalized spacial score (nSPS) is 16.7. The molecule has 0 unspecified atom stereocenters. The summed E-state index contributed by atoms with van der Waals surface area (Å²) >= 11 is 0. The molecule has 1 aliphatic rings. The average molecular weight is 313 g/mol. The van der Waals surface area contributed by atoms with Gasteiger partial charge in [-0.25, -0.2) is 4.79 Å². The summed E-state index contributed by atoms with van der Waals surface area (Å²) in [5, 5.41) is 3.23.